The van der Waals surface area contributed by atoms with Crippen molar-refractivity contribution in [1.82, 2.24) is 15.0 Å². The summed E-state index contributed by atoms with van der Waals surface area (Å²) in [5, 5.41) is 20.3. The summed E-state index contributed by atoms with van der Waals surface area (Å²) >= 11 is 0. The fourth-order valence-corrected chi connectivity index (χ4v) is 5.43. The quantitative estimate of drug-likeness (QED) is 0.138. The van der Waals surface area contributed by atoms with E-state index in [1.54, 1.807) is 30.3 Å². The number of hydrogen-bond acceptors (Lipinski definition) is 8. The largest absolute Gasteiger partial charge is 0.421 e. The van der Waals surface area contributed by atoms with Crippen molar-refractivity contribution in [3.05, 3.63) is 112 Å². The molecule has 0 spiro atoms. The number of aryl methyl sites for hydroxylation is 1. The number of nitro groups is 1. The first kappa shape index (κ1) is 23.8. The molecule has 0 aliphatic heterocycles. The lowest BCUT2D eigenvalue weighted by atomic mass is 10.2. The summed E-state index contributed by atoms with van der Waals surface area (Å²) in [5.74, 6) is -0.853. The van der Waals surface area contributed by atoms with E-state index in [1.165, 1.54) is 41.2 Å². The summed E-state index contributed by atoms with van der Waals surface area (Å²) in [6.07, 6.45) is 0. The minimum Gasteiger partial charge on any atom is -0.421 e. The molecule has 5 rings (SSSR count). The van der Waals surface area contributed by atoms with Crippen LogP contribution in [0.1, 0.15) is 15.9 Å². The lowest BCUT2D eigenvalue weighted by Crippen LogP contribution is -2.16. The van der Waals surface area contributed by atoms with Crippen LogP contribution in [0, 0.1) is 17.0 Å². The van der Waals surface area contributed by atoms with Gasteiger partial charge in [-0.05, 0) is 55.0 Å². The second-order valence-corrected chi connectivity index (χ2v) is 9.95. The summed E-state index contributed by atoms with van der Waals surface area (Å²) < 4.78 is 32.5. The van der Waals surface area contributed by atoms with Gasteiger partial charge in [-0.3, -0.25) is 10.1 Å². The molecular weight excluding hydrogens is 496 g/mol. The molecule has 0 radical (unpaired) electrons. The van der Waals surface area contributed by atoms with E-state index in [0.29, 0.717) is 16.7 Å². The van der Waals surface area contributed by atoms with Crippen LogP contribution in [-0.4, -0.2) is 34.3 Å². The number of carbonyl (C=O) groups excluding carboxylic acids is 1. The minimum absolute atomic E-state index is 0.105. The van der Waals surface area contributed by atoms with Crippen molar-refractivity contribution in [3.8, 4) is 11.4 Å². The van der Waals surface area contributed by atoms with E-state index >= 15 is 0 Å². The fraction of sp³-hybridized carbons (Fsp3) is 0.0385. The molecule has 0 aliphatic rings. The van der Waals surface area contributed by atoms with Crippen molar-refractivity contribution in [2.75, 3.05) is 0 Å². The van der Waals surface area contributed by atoms with Gasteiger partial charge in [-0.2, -0.15) is 0 Å². The summed E-state index contributed by atoms with van der Waals surface area (Å²) in [4.78, 5) is 24.4. The highest BCUT2D eigenvalue weighted by molar-refractivity contribution is 7.91. The standard InChI is InChI=1S/C26H18N4O6S/c1-17-14-15-23(22(16-17)29-27-19-9-3-4-10-20(19)28-29)36-26(31)18-8-2-6-12-24(18)37(34,35)25-13-7-5-11-21(25)30(32)33/h2-16H,1H3. The van der Waals surface area contributed by atoms with E-state index in [4.69, 9.17) is 4.74 Å². The third-order valence-corrected chi connectivity index (χ3v) is 7.43. The van der Waals surface area contributed by atoms with Gasteiger partial charge < -0.3 is 4.74 Å². The number of hydrogen-bond donors (Lipinski definition) is 0. The van der Waals surface area contributed by atoms with Crippen LogP contribution in [0.2, 0.25) is 0 Å². The average Bonchev–Trinajstić information content (AvgIpc) is 3.34. The van der Waals surface area contributed by atoms with Gasteiger partial charge >= 0.3 is 5.97 Å². The van der Waals surface area contributed by atoms with Gasteiger partial charge in [0.25, 0.3) is 5.69 Å². The zero-order valence-corrected chi connectivity index (χ0v) is 20.1. The monoisotopic (exact) mass is 514 g/mol. The summed E-state index contributed by atoms with van der Waals surface area (Å²) in [7, 11) is -4.44. The van der Waals surface area contributed by atoms with Gasteiger partial charge in [0.2, 0.25) is 9.84 Å². The maximum Gasteiger partial charge on any atom is 0.344 e. The van der Waals surface area contributed by atoms with E-state index < -0.39 is 36.2 Å². The average molecular weight is 515 g/mol. The molecule has 0 N–H and O–H groups in total. The molecule has 5 aromatic rings. The molecule has 10 nitrogen and oxygen atoms in total. The lowest BCUT2D eigenvalue weighted by Gasteiger charge is -2.13. The lowest BCUT2D eigenvalue weighted by molar-refractivity contribution is -0.387. The van der Waals surface area contributed by atoms with Crippen LogP contribution in [0.15, 0.2) is 101 Å². The van der Waals surface area contributed by atoms with E-state index in [1.807, 2.05) is 19.1 Å². The number of sulfone groups is 1. The predicted octanol–water partition coefficient (Wildman–Crippen LogP) is 4.69. The van der Waals surface area contributed by atoms with Crippen LogP contribution < -0.4 is 4.74 Å². The molecule has 37 heavy (non-hydrogen) atoms. The number of aromatic nitrogens is 3. The highest BCUT2D eigenvalue weighted by atomic mass is 32.2. The van der Waals surface area contributed by atoms with Crippen LogP contribution in [0.4, 0.5) is 5.69 Å². The second kappa shape index (κ2) is 9.28. The Morgan fingerprint density at radius 3 is 2.14 bits per heavy atom. The number of fused-ring (bicyclic) bond motifs is 1. The molecule has 0 saturated carbocycles. The number of rotatable bonds is 6. The molecule has 11 heteroatoms. The molecule has 1 heterocycles. The van der Waals surface area contributed by atoms with Crippen molar-refractivity contribution in [3.63, 3.8) is 0 Å². The SMILES string of the molecule is Cc1ccc(OC(=O)c2ccccc2S(=O)(=O)c2ccccc2[N+](=O)[O-])c(-n2nc3ccccc3n2)c1. The van der Waals surface area contributed by atoms with Gasteiger partial charge in [-0.1, -0.05) is 42.5 Å². The second-order valence-electron chi connectivity index (χ2n) is 8.06. The Morgan fingerprint density at radius 2 is 1.46 bits per heavy atom. The van der Waals surface area contributed by atoms with E-state index in [0.717, 1.165) is 17.7 Å². The highest BCUT2D eigenvalue weighted by Gasteiger charge is 2.31. The van der Waals surface area contributed by atoms with Crippen molar-refractivity contribution in [2.24, 2.45) is 0 Å². The van der Waals surface area contributed by atoms with Crippen LogP contribution in [-0.2, 0) is 9.84 Å². The molecule has 0 saturated heterocycles. The fourth-order valence-electron chi connectivity index (χ4n) is 3.82. The molecule has 0 fully saturated rings. The van der Waals surface area contributed by atoms with Crippen LogP contribution in [0.3, 0.4) is 0 Å². The van der Waals surface area contributed by atoms with Crippen molar-refractivity contribution in [1.29, 1.82) is 0 Å². The molecule has 4 aromatic carbocycles. The predicted molar refractivity (Wildman–Crippen MR) is 134 cm³/mol. The van der Waals surface area contributed by atoms with E-state index in [-0.39, 0.29) is 11.3 Å². The Bertz CT molecular complexity index is 1760. The Kier molecular flexibility index (Phi) is 5.98. The van der Waals surface area contributed by atoms with E-state index in [9.17, 15) is 23.3 Å². The van der Waals surface area contributed by atoms with Crippen molar-refractivity contribution >= 4 is 32.5 Å². The molecule has 1 aromatic heterocycles. The van der Waals surface area contributed by atoms with Gasteiger partial charge in [-0.15, -0.1) is 15.0 Å². The Morgan fingerprint density at radius 1 is 0.865 bits per heavy atom. The van der Waals surface area contributed by atoms with Gasteiger partial charge in [0.1, 0.15) is 21.6 Å². The Hall–Kier alpha value is -4.90. The third-order valence-electron chi connectivity index (χ3n) is 5.57. The number of nitro benzene ring substituents is 1. The number of esters is 1. The highest BCUT2D eigenvalue weighted by Crippen LogP contribution is 2.32. The molecule has 184 valence electrons. The number of nitrogens with zero attached hydrogens (tertiary/aromatic N) is 4. The van der Waals surface area contributed by atoms with Crippen LogP contribution in [0.25, 0.3) is 16.7 Å². The Balaban J connectivity index is 1.56. The molecule has 0 bridgehead atoms. The van der Waals surface area contributed by atoms with E-state index in [2.05, 4.69) is 10.2 Å². The Labute approximate surface area is 210 Å². The van der Waals surface area contributed by atoms with Gasteiger partial charge in [0.15, 0.2) is 5.75 Å². The topological polar surface area (TPSA) is 134 Å². The first-order chi connectivity index (χ1) is 17.8. The molecule has 0 atom stereocenters. The minimum atomic E-state index is -4.44. The zero-order chi connectivity index (χ0) is 26.2. The van der Waals surface area contributed by atoms with Crippen molar-refractivity contribution < 1.29 is 22.9 Å². The smallest absolute Gasteiger partial charge is 0.344 e. The van der Waals surface area contributed by atoms with Gasteiger partial charge in [0.05, 0.1) is 15.4 Å². The van der Waals surface area contributed by atoms with Crippen LogP contribution in [0.5, 0.6) is 5.75 Å². The van der Waals surface area contributed by atoms with Gasteiger partial charge in [0, 0.05) is 6.07 Å². The third kappa shape index (κ3) is 4.43. The maximum atomic E-state index is 13.4. The molecular formula is C26H18N4O6S. The van der Waals surface area contributed by atoms with Crippen molar-refractivity contribution in [2.45, 2.75) is 16.7 Å². The molecule has 0 amide bonds. The number of benzene rings is 4. The number of ether oxygens (including phenoxy) is 1. The molecule has 0 aliphatic carbocycles. The summed E-state index contributed by atoms with van der Waals surface area (Å²) in [6.45, 7) is 1.85. The number of para-hydroxylation sites is 1. The zero-order valence-electron chi connectivity index (χ0n) is 19.3. The normalized spacial score (nSPS) is 11.4. The first-order valence-corrected chi connectivity index (χ1v) is 12.5. The number of carbonyl (C=O) groups is 1. The van der Waals surface area contributed by atoms with Gasteiger partial charge in [-0.25, -0.2) is 13.2 Å². The van der Waals surface area contributed by atoms with Crippen LogP contribution >= 0.6 is 0 Å². The summed E-state index contributed by atoms with van der Waals surface area (Å²) in [6, 6.07) is 22.6. The first-order valence-electron chi connectivity index (χ1n) is 11.0. The molecule has 0 unspecified atom stereocenters. The maximum absolute atomic E-state index is 13.4. The summed E-state index contributed by atoms with van der Waals surface area (Å²) in [5.41, 5.74) is 1.65.